The van der Waals surface area contributed by atoms with Crippen LogP contribution in [0.1, 0.15) is 20.7 Å². The number of hydrogen-bond donors (Lipinski definition) is 3. The van der Waals surface area contributed by atoms with Crippen molar-refractivity contribution in [1.82, 2.24) is 10.9 Å². The van der Waals surface area contributed by atoms with Gasteiger partial charge in [0.1, 0.15) is 5.82 Å². The summed E-state index contributed by atoms with van der Waals surface area (Å²) in [7, 11) is 0. The number of halogens is 2. The molecular weight excluding hydrogens is 353 g/mol. The third-order valence-corrected chi connectivity index (χ3v) is 3.24. The van der Waals surface area contributed by atoms with Crippen LogP contribution >= 0.6 is 11.6 Å². The standard InChI is InChI=1S/C16H13ClFN3O4/c17-9-5-6-11(13(19)7-9)16(24)25-8-14(22)20-21-15(23)10-3-1-2-4-12(10)18/h1-7H,8,19H2,(H,20,22)(H,21,23). The minimum absolute atomic E-state index is 0.0487. The summed E-state index contributed by atoms with van der Waals surface area (Å²) in [6, 6.07) is 9.42. The lowest BCUT2D eigenvalue weighted by atomic mass is 10.2. The SMILES string of the molecule is Nc1cc(Cl)ccc1C(=O)OCC(=O)NNC(=O)c1ccccc1F. The number of carbonyl (C=O) groups is 3. The quantitative estimate of drug-likeness (QED) is 0.433. The molecule has 130 valence electrons. The number of nitrogens with two attached hydrogens (primary N) is 1. The molecule has 0 bridgehead atoms. The van der Waals surface area contributed by atoms with Gasteiger partial charge in [0.2, 0.25) is 0 Å². The van der Waals surface area contributed by atoms with E-state index in [2.05, 4.69) is 0 Å². The van der Waals surface area contributed by atoms with E-state index in [0.29, 0.717) is 5.02 Å². The van der Waals surface area contributed by atoms with E-state index in [1.54, 1.807) is 0 Å². The minimum Gasteiger partial charge on any atom is -0.452 e. The van der Waals surface area contributed by atoms with E-state index in [1.807, 2.05) is 10.9 Å². The molecule has 2 aromatic carbocycles. The Morgan fingerprint density at radius 3 is 2.48 bits per heavy atom. The highest BCUT2D eigenvalue weighted by Crippen LogP contribution is 2.18. The fourth-order valence-electron chi connectivity index (χ4n) is 1.80. The Hall–Kier alpha value is -3.13. The molecule has 0 aliphatic heterocycles. The number of nitrogen functional groups attached to an aromatic ring is 1. The van der Waals surface area contributed by atoms with E-state index in [0.717, 1.165) is 6.07 Å². The smallest absolute Gasteiger partial charge is 0.340 e. The Morgan fingerprint density at radius 1 is 1.08 bits per heavy atom. The molecule has 0 aliphatic rings. The Bertz CT molecular complexity index is 829. The average molecular weight is 366 g/mol. The maximum Gasteiger partial charge on any atom is 0.340 e. The van der Waals surface area contributed by atoms with Crippen LogP contribution in [0.5, 0.6) is 0 Å². The monoisotopic (exact) mass is 365 g/mol. The third kappa shape index (κ3) is 4.92. The van der Waals surface area contributed by atoms with Crippen LogP contribution < -0.4 is 16.6 Å². The summed E-state index contributed by atoms with van der Waals surface area (Å²) < 4.78 is 18.2. The van der Waals surface area contributed by atoms with Crippen molar-refractivity contribution in [2.75, 3.05) is 12.3 Å². The molecule has 4 N–H and O–H groups in total. The highest BCUT2D eigenvalue weighted by atomic mass is 35.5. The molecule has 0 fully saturated rings. The van der Waals surface area contributed by atoms with Crippen molar-refractivity contribution in [2.45, 2.75) is 0 Å². The zero-order valence-corrected chi connectivity index (χ0v) is 13.5. The molecule has 0 unspecified atom stereocenters. The van der Waals surface area contributed by atoms with Gasteiger partial charge in [-0.1, -0.05) is 23.7 Å². The lowest BCUT2D eigenvalue weighted by molar-refractivity contribution is -0.125. The normalized spacial score (nSPS) is 10.0. The van der Waals surface area contributed by atoms with Gasteiger partial charge in [-0.3, -0.25) is 20.4 Å². The molecule has 0 aromatic heterocycles. The number of esters is 1. The molecule has 0 aliphatic carbocycles. The van der Waals surface area contributed by atoms with Crippen molar-refractivity contribution in [3.8, 4) is 0 Å². The number of ether oxygens (including phenoxy) is 1. The summed E-state index contributed by atoms with van der Waals surface area (Å²) in [5.74, 6) is -3.23. The second kappa shape index (κ2) is 8.11. The molecule has 2 amide bonds. The molecule has 0 saturated heterocycles. The maximum atomic E-state index is 13.4. The van der Waals surface area contributed by atoms with Crippen molar-refractivity contribution < 1.29 is 23.5 Å². The van der Waals surface area contributed by atoms with Crippen molar-refractivity contribution >= 4 is 35.1 Å². The second-order valence-corrected chi connectivity index (χ2v) is 5.23. The summed E-state index contributed by atoms with van der Waals surface area (Å²) in [5.41, 5.74) is 9.55. The first-order chi connectivity index (χ1) is 11.9. The van der Waals surface area contributed by atoms with Crippen molar-refractivity contribution in [3.63, 3.8) is 0 Å². The molecule has 9 heteroatoms. The van der Waals surface area contributed by atoms with Crippen molar-refractivity contribution in [1.29, 1.82) is 0 Å². The fraction of sp³-hybridized carbons (Fsp3) is 0.0625. The van der Waals surface area contributed by atoms with Gasteiger partial charge in [-0.05, 0) is 30.3 Å². The maximum absolute atomic E-state index is 13.4. The van der Waals surface area contributed by atoms with Crippen LogP contribution in [0.15, 0.2) is 42.5 Å². The van der Waals surface area contributed by atoms with Gasteiger partial charge in [-0.25, -0.2) is 9.18 Å². The number of amides is 2. The summed E-state index contributed by atoms with van der Waals surface area (Å²) in [6.07, 6.45) is 0. The largest absolute Gasteiger partial charge is 0.452 e. The summed E-state index contributed by atoms with van der Waals surface area (Å²) >= 11 is 5.72. The van der Waals surface area contributed by atoms with Gasteiger partial charge in [-0.2, -0.15) is 0 Å². The first-order valence-corrected chi connectivity index (χ1v) is 7.32. The van der Waals surface area contributed by atoms with Crippen molar-refractivity contribution in [3.05, 3.63) is 64.4 Å². The Kier molecular flexibility index (Phi) is 5.91. The third-order valence-electron chi connectivity index (χ3n) is 3.00. The van der Waals surface area contributed by atoms with E-state index >= 15 is 0 Å². The molecule has 2 aromatic rings. The molecule has 0 atom stereocenters. The molecule has 7 nitrogen and oxygen atoms in total. The highest BCUT2D eigenvalue weighted by molar-refractivity contribution is 6.31. The van der Waals surface area contributed by atoms with E-state index in [1.165, 1.54) is 36.4 Å². The van der Waals surface area contributed by atoms with Crippen LogP contribution in [0.3, 0.4) is 0 Å². The van der Waals surface area contributed by atoms with Crippen LogP contribution in [0.4, 0.5) is 10.1 Å². The van der Waals surface area contributed by atoms with Gasteiger partial charge in [0, 0.05) is 10.7 Å². The van der Waals surface area contributed by atoms with Gasteiger partial charge < -0.3 is 10.5 Å². The number of anilines is 1. The number of hydrazine groups is 1. The molecular formula is C16H13ClFN3O4. The zero-order chi connectivity index (χ0) is 18.4. The lowest BCUT2D eigenvalue weighted by Gasteiger charge is -2.09. The van der Waals surface area contributed by atoms with Crippen molar-refractivity contribution in [2.24, 2.45) is 0 Å². The summed E-state index contributed by atoms with van der Waals surface area (Å²) in [5, 5.41) is 0.350. The Labute approximate surface area is 146 Å². The van der Waals surface area contributed by atoms with Crippen LogP contribution in [-0.2, 0) is 9.53 Å². The number of nitrogens with one attached hydrogen (secondary N) is 2. The summed E-state index contributed by atoms with van der Waals surface area (Å²) in [6.45, 7) is -0.668. The zero-order valence-electron chi connectivity index (χ0n) is 12.7. The first kappa shape index (κ1) is 18.2. The Balaban J connectivity index is 1.83. The average Bonchev–Trinajstić information content (AvgIpc) is 2.58. The van der Waals surface area contributed by atoms with Gasteiger partial charge in [0.25, 0.3) is 11.8 Å². The topological polar surface area (TPSA) is 111 Å². The molecule has 25 heavy (non-hydrogen) atoms. The number of rotatable bonds is 4. The second-order valence-electron chi connectivity index (χ2n) is 4.79. The number of benzene rings is 2. The Morgan fingerprint density at radius 2 is 1.80 bits per heavy atom. The molecule has 0 heterocycles. The van der Waals surface area contributed by atoms with E-state index in [9.17, 15) is 18.8 Å². The van der Waals surface area contributed by atoms with Crippen LogP contribution in [0, 0.1) is 5.82 Å². The fourth-order valence-corrected chi connectivity index (χ4v) is 1.98. The molecule has 0 radical (unpaired) electrons. The molecule has 2 rings (SSSR count). The predicted octanol–water partition coefficient (Wildman–Crippen LogP) is 1.68. The van der Waals surface area contributed by atoms with Gasteiger partial charge >= 0.3 is 5.97 Å². The van der Waals surface area contributed by atoms with Crippen LogP contribution in [-0.4, -0.2) is 24.4 Å². The van der Waals surface area contributed by atoms with Gasteiger partial charge in [0.15, 0.2) is 6.61 Å². The lowest BCUT2D eigenvalue weighted by Crippen LogP contribution is -2.43. The van der Waals surface area contributed by atoms with E-state index < -0.39 is 30.2 Å². The molecule has 0 saturated carbocycles. The van der Waals surface area contributed by atoms with E-state index in [4.69, 9.17) is 22.1 Å². The summed E-state index contributed by atoms with van der Waals surface area (Å²) in [4.78, 5) is 35.1. The molecule has 0 spiro atoms. The van der Waals surface area contributed by atoms with Crippen LogP contribution in [0.2, 0.25) is 5.02 Å². The highest BCUT2D eigenvalue weighted by Gasteiger charge is 2.15. The number of hydrogen-bond acceptors (Lipinski definition) is 5. The van der Waals surface area contributed by atoms with E-state index in [-0.39, 0.29) is 16.8 Å². The first-order valence-electron chi connectivity index (χ1n) is 6.94. The minimum atomic E-state index is -0.847. The van der Waals surface area contributed by atoms with Crippen LogP contribution in [0.25, 0.3) is 0 Å². The van der Waals surface area contributed by atoms with Gasteiger partial charge in [0.05, 0.1) is 11.1 Å². The van der Waals surface area contributed by atoms with Gasteiger partial charge in [-0.15, -0.1) is 0 Å². The predicted molar refractivity (Wildman–Crippen MR) is 88.2 cm³/mol. The number of carbonyl (C=O) groups excluding carboxylic acids is 3.